The van der Waals surface area contributed by atoms with Crippen molar-refractivity contribution < 1.29 is 43.2 Å². The van der Waals surface area contributed by atoms with Gasteiger partial charge in [0.1, 0.15) is 18.8 Å². The van der Waals surface area contributed by atoms with Crippen molar-refractivity contribution in [2.24, 2.45) is 0 Å². The summed E-state index contributed by atoms with van der Waals surface area (Å²) in [6, 6.07) is 0. The highest BCUT2D eigenvalue weighted by Crippen LogP contribution is 2.39. The van der Waals surface area contributed by atoms with Crippen molar-refractivity contribution in [2.75, 3.05) is 13.2 Å². The lowest BCUT2D eigenvalue weighted by Crippen LogP contribution is -2.25. The molecule has 4 heterocycles. The molecule has 32 heavy (non-hydrogen) atoms. The molecule has 4 aliphatic heterocycles. The number of hydrogen-bond acceptors (Lipinski definition) is 10. The summed E-state index contributed by atoms with van der Waals surface area (Å²) >= 11 is 0. The third kappa shape index (κ3) is 7.14. The summed E-state index contributed by atoms with van der Waals surface area (Å²) < 4.78 is 33.6. The average molecular weight is 462 g/mol. The largest absolute Gasteiger partial charge is 0.389 e. The van der Waals surface area contributed by atoms with Gasteiger partial charge in [-0.05, 0) is 40.5 Å². The van der Waals surface area contributed by atoms with E-state index in [1.807, 2.05) is 27.7 Å². The van der Waals surface area contributed by atoms with Crippen LogP contribution in [0.2, 0.25) is 0 Å². The molecular weight excluding hydrogens is 426 g/mol. The van der Waals surface area contributed by atoms with E-state index in [0.29, 0.717) is 19.3 Å². The molecule has 0 bridgehead atoms. The number of Topliss-reactive ketones (excluding diaryl/α,β-unsaturated/α-hetero) is 1. The minimum atomic E-state index is -0.594. The van der Waals surface area contributed by atoms with E-state index < -0.39 is 11.6 Å². The van der Waals surface area contributed by atoms with Crippen LogP contribution in [0.25, 0.3) is 0 Å². The molecule has 1 N–H and O–H groups in total. The van der Waals surface area contributed by atoms with Gasteiger partial charge in [-0.25, -0.2) is 0 Å². The highest BCUT2D eigenvalue weighted by molar-refractivity contribution is 5.79. The van der Waals surface area contributed by atoms with Crippen LogP contribution in [-0.2, 0) is 33.2 Å². The molecule has 11 nitrogen and oxygen atoms in total. The molecule has 6 atom stereocenters. The predicted molar refractivity (Wildman–Crippen MR) is 109 cm³/mol. The number of nitro groups is 1. The Hall–Kier alpha value is -1.21. The Morgan fingerprint density at radius 1 is 0.938 bits per heavy atom. The van der Waals surface area contributed by atoms with E-state index in [4.69, 9.17) is 33.5 Å². The number of carbonyl (C=O) groups is 1. The normalized spacial score (nSPS) is 36.3. The number of hydrogen-bond donors (Lipinski definition) is 1. The van der Waals surface area contributed by atoms with Gasteiger partial charge in [-0.3, -0.25) is 14.9 Å². The SMILES string of the molecule is CC1(C)OC2O[C@H](CCCC(=O)CO)C[C@H]2O1.CC1(C)OC2O[C@H](CC[N+](=O)[O-])C[C@H]2O1. The van der Waals surface area contributed by atoms with E-state index in [1.165, 1.54) is 0 Å². The number of rotatable bonds is 8. The molecule has 0 radical (unpaired) electrons. The van der Waals surface area contributed by atoms with Gasteiger partial charge in [0.15, 0.2) is 29.9 Å². The van der Waals surface area contributed by atoms with Gasteiger partial charge >= 0.3 is 0 Å². The van der Waals surface area contributed by atoms with Gasteiger partial charge in [-0.15, -0.1) is 0 Å². The van der Waals surface area contributed by atoms with Crippen LogP contribution in [0.5, 0.6) is 0 Å². The standard InChI is InChI=1S/C12H20O5.C9H15NO5/c1-12(2)16-10-6-9(15-11(10)17-12)5-3-4-8(14)7-13;1-9(2)14-7-5-6(3-4-10(11)12)13-8(7)15-9/h9-11,13H,3-7H2,1-2H3;6-8H,3-5H2,1-2H3/t9-,10-,11?;6-,7-,8?/m11/s1. The summed E-state index contributed by atoms with van der Waals surface area (Å²) in [6.45, 7) is 7.00. The van der Waals surface area contributed by atoms with Crippen molar-refractivity contribution in [1.29, 1.82) is 0 Å². The van der Waals surface area contributed by atoms with Crippen LogP contribution in [0.4, 0.5) is 0 Å². The molecule has 0 aromatic carbocycles. The molecular formula is C21H35NO10. The first kappa shape index (κ1) is 25.4. The highest BCUT2D eigenvalue weighted by Gasteiger charge is 2.49. The number of aliphatic hydroxyl groups excluding tert-OH is 1. The predicted octanol–water partition coefficient (Wildman–Crippen LogP) is 1.90. The lowest BCUT2D eigenvalue weighted by atomic mass is 10.1. The molecule has 4 saturated heterocycles. The van der Waals surface area contributed by atoms with Crippen LogP contribution in [-0.4, -0.2) is 77.5 Å². The molecule has 184 valence electrons. The fourth-order valence-electron chi connectivity index (χ4n) is 4.39. The zero-order valence-electron chi connectivity index (χ0n) is 19.2. The molecule has 0 saturated carbocycles. The van der Waals surface area contributed by atoms with E-state index in [9.17, 15) is 14.9 Å². The third-order valence-electron chi connectivity index (χ3n) is 5.71. The molecule has 4 fully saturated rings. The Morgan fingerprint density at radius 2 is 1.44 bits per heavy atom. The molecule has 0 spiro atoms. The van der Waals surface area contributed by atoms with Gasteiger partial charge < -0.3 is 33.5 Å². The molecule has 0 amide bonds. The van der Waals surface area contributed by atoms with Crippen molar-refractivity contribution in [2.45, 2.75) is 115 Å². The first-order valence-electron chi connectivity index (χ1n) is 11.2. The number of ketones is 1. The molecule has 0 aromatic heterocycles. The molecule has 2 unspecified atom stereocenters. The summed E-state index contributed by atoms with van der Waals surface area (Å²) in [5.74, 6) is -1.26. The quantitative estimate of drug-likeness (QED) is 0.421. The van der Waals surface area contributed by atoms with Gasteiger partial charge in [-0.1, -0.05) is 0 Å². The lowest BCUT2D eigenvalue weighted by Gasteiger charge is -2.20. The van der Waals surface area contributed by atoms with Crippen molar-refractivity contribution in [3.05, 3.63) is 10.1 Å². The highest BCUT2D eigenvalue weighted by atomic mass is 16.8. The minimum absolute atomic E-state index is 0.0172. The van der Waals surface area contributed by atoms with E-state index in [-0.39, 0.29) is 60.9 Å². The van der Waals surface area contributed by atoms with Gasteiger partial charge in [0.2, 0.25) is 6.54 Å². The van der Waals surface area contributed by atoms with E-state index >= 15 is 0 Å². The number of ether oxygens (including phenoxy) is 6. The van der Waals surface area contributed by atoms with Gasteiger partial charge in [0.25, 0.3) is 0 Å². The van der Waals surface area contributed by atoms with Gasteiger partial charge in [0, 0.05) is 30.6 Å². The first-order valence-corrected chi connectivity index (χ1v) is 11.2. The summed E-state index contributed by atoms with van der Waals surface area (Å²) in [7, 11) is 0. The summed E-state index contributed by atoms with van der Waals surface area (Å²) in [6.07, 6.45) is 3.23. The molecule has 0 aromatic rings. The topological polar surface area (TPSA) is 136 Å². The Morgan fingerprint density at radius 3 is 1.88 bits per heavy atom. The maximum atomic E-state index is 10.9. The molecule has 11 heteroatoms. The summed E-state index contributed by atoms with van der Waals surface area (Å²) in [4.78, 5) is 20.8. The van der Waals surface area contributed by atoms with Crippen molar-refractivity contribution in [3.8, 4) is 0 Å². The number of aliphatic hydroxyl groups is 1. The minimum Gasteiger partial charge on any atom is -0.389 e. The third-order valence-corrected chi connectivity index (χ3v) is 5.71. The van der Waals surface area contributed by atoms with Gasteiger partial charge in [-0.2, -0.15) is 0 Å². The first-order chi connectivity index (χ1) is 15.0. The maximum absolute atomic E-state index is 10.9. The maximum Gasteiger partial charge on any atom is 0.206 e. The molecule has 4 aliphatic rings. The average Bonchev–Trinajstić information content (AvgIpc) is 3.36. The monoisotopic (exact) mass is 461 g/mol. The zero-order valence-corrected chi connectivity index (χ0v) is 19.2. The number of carbonyl (C=O) groups excluding carboxylic acids is 1. The van der Waals surface area contributed by atoms with Crippen LogP contribution in [0.1, 0.15) is 66.2 Å². The van der Waals surface area contributed by atoms with E-state index in [0.717, 1.165) is 19.3 Å². The van der Waals surface area contributed by atoms with Crippen molar-refractivity contribution in [3.63, 3.8) is 0 Å². The second-order valence-electron chi connectivity index (χ2n) is 9.51. The fourth-order valence-corrected chi connectivity index (χ4v) is 4.39. The van der Waals surface area contributed by atoms with Gasteiger partial charge in [0.05, 0.1) is 12.2 Å². The Labute approximate surface area is 187 Å². The lowest BCUT2D eigenvalue weighted by molar-refractivity contribution is -0.482. The van der Waals surface area contributed by atoms with Crippen LogP contribution in [0, 0.1) is 10.1 Å². The summed E-state index contributed by atoms with van der Waals surface area (Å²) in [5.41, 5.74) is 0. The van der Waals surface area contributed by atoms with E-state index in [1.54, 1.807) is 0 Å². The Kier molecular flexibility index (Phi) is 8.24. The second-order valence-corrected chi connectivity index (χ2v) is 9.51. The zero-order chi connectivity index (χ0) is 23.5. The fraction of sp³-hybridized carbons (Fsp3) is 0.952. The van der Waals surface area contributed by atoms with Crippen LogP contribution >= 0.6 is 0 Å². The smallest absolute Gasteiger partial charge is 0.206 e. The second kappa shape index (κ2) is 10.4. The molecule has 4 rings (SSSR count). The van der Waals surface area contributed by atoms with Crippen LogP contribution in [0.3, 0.4) is 0 Å². The summed E-state index contributed by atoms with van der Waals surface area (Å²) in [5, 5.41) is 18.8. The van der Waals surface area contributed by atoms with Crippen LogP contribution < -0.4 is 0 Å². The Balaban J connectivity index is 0.000000182. The number of nitrogens with zero attached hydrogens (tertiary/aromatic N) is 1. The van der Waals surface area contributed by atoms with Crippen molar-refractivity contribution in [1.82, 2.24) is 0 Å². The van der Waals surface area contributed by atoms with E-state index in [2.05, 4.69) is 0 Å². The Bertz CT molecular complexity index is 637. The molecule has 0 aliphatic carbocycles. The van der Waals surface area contributed by atoms with Crippen molar-refractivity contribution >= 4 is 5.78 Å². The van der Waals surface area contributed by atoms with Crippen LogP contribution in [0.15, 0.2) is 0 Å². The number of fused-ring (bicyclic) bond motifs is 2.